The molecule has 0 radical (unpaired) electrons. The van der Waals surface area contributed by atoms with Gasteiger partial charge in [0.15, 0.2) is 0 Å². The van der Waals surface area contributed by atoms with Gasteiger partial charge in [-0.15, -0.1) is 0 Å². The molecule has 1 fully saturated rings. The molecule has 0 saturated carbocycles. The van der Waals surface area contributed by atoms with E-state index in [4.69, 9.17) is 10.00 Å². The highest BCUT2D eigenvalue weighted by atomic mass is 32.2. The number of benzene rings is 1. The molecule has 1 aliphatic heterocycles. The summed E-state index contributed by atoms with van der Waals surface area (Å²) in [6.45, 7) is 0.481. The Balaban J connectivity index is 2.19. The fourth-order valence-electron chi connectivity index (χ4n) is 2.45. The molecular formula is C15H15F3N2O4S. The summed E-state index contributed by atoms with van der Waals surface area (Å²) >= 11 is 0. The van der Waals surface area contributed by atoms with Crippen LogP contribution in [0.4, 0.5) is 13.2 Å². The van der Waals surface area contributed by atoms with Crippen LogP contribution in [0.25, 0.3) is 0 Å². The maximum absolute atomic E-state index is 12.9. The quantitative estimate of drug-likeness (QED) is 0.870. The molecule has 0 bridgehead atoms. The van der Waals surface area contributed by atoms with Gasteiger partial charge in [-0.05, 0) is 37.5 Å². The fraction of sp³-hybridized carbons (Fsp3) is 0.467. The molecule has 6 nitrogen and oxygen atoms in total. The highest BCUT2D eigenvalue weighted by Crippen LogP contribution is 2.33. The summed E-state index contributed by atoms with van der Waals surface area (Å²) in [7, 11) is -4.48. The lowest BCUT2D eigenvalue weighted by Crippen LogP contribution is -2.34. The van der Waals surface area contributed by atoms with Crippen LogP contribution in [-0.4, -0.2) is 27.0 Å². The van der Waals surface area contributed by atoms with E-state index in [-0.39, 0.29) is 6.42 Å². The van der Waals surface area contributed by atoms with Crippen molar-refractivity contribution in [3.63, 3.8) is 0 Å². The van der Waals surface area contributed by atoms with Crippen molar-refractivity contribution < 1.29 is 31.1 Å². The summed E-state index contributed by atoms with van der Waals surface area (Å²) in [5.41, 5.74) is -2.07. The second-order valence-corrected chi connectivity index (χ2v) is 7.22. The normalized spacial score (nSPS) is 18.4. The van der Waals surface area contributed by atoms with E-state index in [1.807, 2.05) is 0 Å². The van der Waals surface area contributed by atoms with Crippen LogP contribution in [-0.2, 0) is 25.7 Å². The topological polar surface area (TPSA) is 96.3 Å². The first-order valence-electron chi connectivity index (χ1n) is 7.42. The Hall–Kier alpha value is -2.12. The Morgan fingerprint density at radius 2 is 2.08 bits per heavy atom. The fourth-order valence-corrected chi connectivity index (χ4v) is 3.47. The summed E-state index contributed by atoms with van der Waals surface area (Å²) in [5, 5.41) is 8.72. The molecule has 1 unspecified atom stereocenters. The minimum absolute atomic E-state index is 0.193. The van der Waals surface area contributed by atoms with Gasteiger partial charge >= 0.3 is 6.18 Å². The third kappa shape index (κ3) is 4.93. The molecule has 1 atom stereocenters. The standard InChI is InChI=1S/C15H15F3N2O4S/c16-15(17,18)13-8-12(5-4-10(13)9-19)25(22,23)20-14(21)7-11-3-1-2-6-24-11/h4-5,8,11H,1-3,6-7H2,(H,20,21). The van der Waals surface area contributed by atoms with Crippen molar-refractivity contribution >= 4 is 15.9 Å². The van der Waals surface area contributed by atoms with Crippen molar-refractivity contribution in [2.45, 2.75) is 42.9 Å². The number of amides is 1. The van der Waals surface area contributed by atoms with Gasteiger partial charge in [0.05, 0.1) is 34.6 Å². The Bertz CT molecular complexity index is 794. The second-order valence-electron chi connectivity index (χ2n) is 5.54. The van der Waals surface area contributed by atoms with E-state index in [9.17, 15) is 26.4 Å². The van der Waals surface area contributed by atoms with E-state index < -0.39 is 44.2 Å². The lowest BCUT2D eigenvalue weighted by atomic mass is 10.1. The van der Waals surface area contributed by atoms with E-state index in [2.05, 4.69) is 0 Å². The molecule has 25 heavy (non-hydrogen) atoms. The number of ether oxygens (including phenoxy) is 1. The number of nitrogens with one attached hydrogen (secondary N) is 1. The lowest BCUT2D eigenvalue weighted by molar-refractivity contribution is -0.138. The molecule has 1 aliphatic rings. The zero-order chi connectivity index (χ0) is 18.7. The number of rotatable bonds is 4. The van der Waals surface area contributed by atoms with Crippen LogP contribution >= 0.6 is 0 Å². The van der Waals surface area contributed by atoms with E-state index in [0.29, 0.717) is 19.1 Å². The second kappa shape index (κ2) is 7.41. The molecule has 0 aromatic heterocycles. The number of nitrogens with zero attached hydrogens (tertiary/aromatic N) is 1. The van der Waals surface area contributed by atoms with Gasteiger partial charge in [0.1, 0.15) is 0 Å². The van der Waals surface area contributed by atoms with Crippen molar-refractivity contribution in [2.24, 2.45) is 0 Å². The highest BCUT2D eigenvalue weighted by Gasteiger charge is 2.35. The smallest absolute Gasteiger partial charge is 0.378 e. The number of hydrogen-bond acceptors (Lipinski definition) is 5. The average molecular weight is 376 g/mol. The maximum Gasteiger partial charge on any atom is 0.417 e. The van der Waals surface area contributed by atoms with Crippen LogP contribution in [0.15, 0.2) is 23.1 Å². The van der Waals surface area contributed by atoms with Crippen LogP contribution in [0.2, 0.25) is 0 Å². The van der Waals surface area contributed by atoms with Gasteiger partial charge in [0.2, 0.25) is 5.91 Å². The van der Waals surface area contributed by atoms with E-state index in [0.717, 1.165) is 25.0 Å². The number of hydrogen-bond donors (Lipinski definition) is 1. The van der Waals surface area contributed by atoms with Crippen LogP contribution in [0.1, 0.15) is 36.8 Å². The molecule has 136 valence electrons. The number of alkyl halides is 3. The molecule has 1 heterocycles. The van der Waals surface area contributed by atoms with Gasteiger partial charge in [-0.2, -0.15) is 18.4 Å². The summed E-state index contributed by atoms with van der Waals surface area (Å²) < 4.78 is 70.1. The molecule has 1 aromatic rings. The molecule has 1 amide bonds. The molecule has 0 spiro atoms. The van der Waals surface area contributed by atoms with E-state index in [1.165, 1.54) is 6.07 Å². The summed E-state index contributed by atoms with van der Waals surface area (Å²) in [6, 6.07) is 3.30. The first-order chi connectivity index (χ1) is 11.6. The van der Waals surface area contributed by atoms with E-state index in [1.54, 1.807) is 4.72 Å². The molecule has 1 saturated heterocycles. The van der Waals surface area contributed by atoms with Gasteiger partial charge in [-0.1, -0.05) is 0 Å². The van der Waals surface area contributed by atoms with Crippen molar-refractivity contribution in [3.05, 3.63) is 29.3 Å². The number of carbonyl (C=O) groups excluding carboxylic acids is 1. The number of nitriles is 1. The first kappa shape index (κ1) is 19.2. The number of carbonyl (C=O) groups is 1. The molecule has 1 N–H and O–H groups in total. The third-order valence-electron chi connectivity index (χ3n) is 3.66. The third-order valence-corrected chi connectivity index (χ3v) is 5.03. The zero-order valence-electron chi connectivity index (χ0n) is 13.0. The number of halogens is 3. The monoisotopic (exact) mass is 376 g/mol. The van der Waals surface area contributed by atoms with Crippen molar-refractivity contribution in [3.8, 4) is 6.07 Å². The molecular weight excluding hydrogens is 361 g/mol. The van der Waals surface area contributed by atoms with Crippen molar-refractivity contribution in [2.75, 3.05) is 6.61 Å². The van der Waals surface area contributed by atoms with Gasteiger partial charge < -0.3 is 4.74 Å². The Morgan fingerprint density at radius 1 is 1.36 bits per heavy atom. The Labute approximate surface area is 142 Å². The highest BCUT2D eigenvalue weighted by molar-refractivity contribution is 7.90. The van der Waals surface area contributed by atoms with Crippen LogP contribution in [0.5, 0.6) is 0 Å². The number of sulfonamides is 1. The van der Waals surface area contributed by atoms with E-state index >= 15 is 0 Å². The first-order valence-corrected chi connectivity index (χ1v) is 8.90. The SMILES string of the molecule is N#Cc1ccc(S(=O)(=O)NC(=O)CC2CCCCO2)cc1C(F)(F)F. The summed E-state index contributed by atoms with van der Waals surface area (Å²) in [5.74, 6) is -0.857. The predicted octanol–water partition coefficient (Wildman–Crippen LogP) is 2.34. The minimum atomic E-state index is -4.89. The average Bonchev–Trinajstić information content (AvgIpc) is 2.53. The molecule has 1 aromatic carbocycles. The zero-order valence-corrected chi connectivity index (χ0v) is 13.8. The predicted molar refractivity (Wildman–Crippen MR) is 79.7 cm³/mol. The summed E-state index contributed by atoms with van der Waals surface area (Å²) in [6.07, 6.45) is -3.16. The lowest BCUT2D eigenvalue weighted by Gasteiger charge is -2.21. The van der Waals surface area contributed by atoms with Gasteiger partial charge in [0, 0.05) is 6.61 Å². The van der Waals surface area contributed by atoms with Crippen molar-refractivity contribution in [1.29, 1.82) is 5.26 Å². The Morgan fingerprint density at radius 3 is 2.64 bits per heavy atom. The van der Waals surface area contributed by atoms with Gasteiger partial charge in [0.25, 0.3) is 10.0 Å². The van der Waals surface area contributed by atoms with Gasteiger partial charge in [-0.25, -0.2) is 13.1 Å². The van der Waals surface area contributed by atoms with Crippen LogP contribution in [0, 0.1) is 11.3 Å². The molecule has 10 heteroatoms. The molecule has 2 rings (SSSR count). The Kier molecular flexibility index (Phi) is 5.69. The van der Waals surface area contributed by atoms with Crippen LogP contribution < -0.4 is 4.72 Å². The van der Waals surface area contributed by atoms with Crippen molar-refractivity contribution in [1.82, 2.24) is 4.72 Å². The summed E-state index contributed by atoms with van der Waals surface area (Å²) in [4.78, 5) is 11.1. The largest absolute Gasteiger partial charge is 0.417 e. The van der Waals surface area contributed by atoms with Crippen LogP contribution in [0.3, 0.4) is 0 Å². The molecule has 0 aliphatic carbocycles. The van der Waals surface area contributed by atoms with Gasteiger partial charge in [-0.3, -0.25) is 4.79 Å². The minimum Gasteiger partial charge on any atom is -0.378 e. The maximum atomic E-state index is 12.9.